The Labute approximate surface area is 116 Å². The van der Waals surface area contributed by atoms with Gasteiger partial charge in [0, 0.05) is 25.3 Å². The van der Waals surface area contributed by atoms with Gasteiger partial charge >= 0.3 is 5.97 Å². The second kappa shape index (κ2) is 9.62. The number of allylic oxidation sites excluding steroid dienone is 2. The maximum Gasteiger partial charge on any atom is 0.333 e. The first-order valence-electron chi connectivity index (χ1n) is 7.08. The molecule has 1 saturated heterocycles. The van der Waals surface area contributed by atoms with Gasteiger partial charge in [0.2, 0.25) is 0 Å². The van der Waals surface area contributed by atoms with Crippen LogP contribution in [0.2, 0.25) is 0 Å². The van der Waals surface area contributed by atoms with Crippen LogP contribution in [0, 0.1) is 0 Å². The maximum atomic E-state index is 11.6. The molecule has 0 aromatic rings. The Morgan fingerprint density at radius 2 is 1.95 bits per heavy atom. The molecule has 0 unspecified atom stereocenters. The van der Waals surface area contributed by atoms with E-state index in [0.717, 1.165) is 13.1 Å². The van der Waals surface area contributed by atoms with Crippen LogP contribution in [-0.4, -0.2) is 43.8 Å². The van der Waals surface area contributed by atoms with Crippen molar-refractivity contribution in [2.24, 2.45) is 0 Å². The van der Waals surface area contributed by atoms with Crippen LogP contribution in [0.5, 0.6) is 0 Å². The lowest BCUT2D eigenvalue weighted by Gasteiger charge is -2.24. The fraction of sp³-hybridized carbons (Fsp3) is 0.667. The number of hydrogen-bond donors (Lipinski definition) is 0. The van der Waals surface area contributed by atoms with E-state index in [2.05, 4.69) is 11.1 Å². The first-order chi connectivity index (χ1) is 9.24. The van der Waals surface area contributed by atoms with Crippen LogP contribution in [0.3, 0.4) is 0 Å². The van der Waals surface area contributed by atoms with Gasteiger partial charge in [-0.1, -0.05) is 6.08 Å². The molecule has 108 valence electrons. The van der Waals surface area contributed by atoms with Crippen molar-refractivity contribution >= 4 is 5.97 Å². The van der Waals surface area contributed by atoms with Crippen LogP contribution >= 0.6 is 0 Å². The number of carbonyl (C=O) groups is 1. The number of piperidine rings is 1. The number of ether oxygens (including phenoxy) is 2. The van der Waals surface area contributed by atoms with Crippen molar-refractivity contribution in [1.82, 2.24) is 4.90 Å². The summed E-state index contributed by atoms with van der Waals surface area (Å²) in [5, 5.41) is 0. The van der Waals surface area contributed by atoms with Gasteiger partial charge in [-0.3, -0.25) is 0 Å². The van der Waals surface area contributed by atoms with Gasteiger partial charge in [0.25, 0.3) is 0 Å². The molecule has 1 aliphatic heterocycles. The number of rotatable bonds is 7. The van der Waals surface area contributed by atoms with Crippen molar-refractivity contribution in [2.75, 3.05) is 32.9 Å². The van der Waals surface area contributed by atoms with Crippen LogP contribution in [0.15, 0.2) is 23.9 Å². The molecule has 0 bridgehead atoms. The zero-order valence-corrected chi connectivity index (χ0v) is 12.1. The summed E-state index contributed by atoms with van der Waals surface area (Å²) in [6.07, 6.45) is 9.61. The third-order valence-electron chi connectivity index (χ3n) is 3.02. The molecule has 0 aromatic heterocycles. The summed E-state index contributed by atoms with van der Waals surface area (Å²) in [4.78, 5) is 13.9. The zero-order valence-electron chi connectivity index (χ0n) is 12.1. The predicted molar refractivity (Wildman–Crippen MR) is 75.8 cm³/mol. The number of likely N-dealkylation sites (tertiary alicyclic amines) is 1. The van der Waals surface area contributed by atoms with E-state index < -0.39 is 0 Å². The minimum absolute atomic E-state index is 0.275. The highest BCUT2D eigenvalue weighted by molar-refractivity contribution is 5.88. The number of esters is 1. The van der Waals surface area contributed by atoms with Crippen LogP contribution in [-0.2, 0) is 14.3 Å². The molecular formula is C15H25NO3. The summed E-state index contributed by atoms with van der Waals surface area (Å²) in [6.45, 7) is 7.32. The maximum absolute atomic E-state index is 11.6. The molecule has 0 aromatic carbocycles. The molecule has 0 aliphatic carbocycles. The number of carbonyl (C=O) groups excluding carboxylic acids is 1. The molecule has 0 atom stereocenters. The molecule has 1 aliphatic rings. The van der Waals surface area contributed by atoms with E-state index in [0.29, 0.717) is 25.4 Å². The van der Waals surface area contributed by atoms with E-state index >= 15 is 0 Å². The van der Waals surface area contributed by atoms with Crippen LogP contribution < -0.4 is 0 Å². The van der Waals surface area contributed by atoms with Crippen LogP contribution in [0.4, 0.5) is 0 Å². The molecule has 0 N–H and O–H groups in total. The summed E-state index contributed by atoms with van der Waals surface area (Å²) in [7, 11) is 0. The van der Waals surface area contributed by atoms with Crippen molar-refractivity contribution in [3.8, 4) is 0 Å². The smallest absolute Gasteiger partial charge is 0.333 e. The normalized spacial score (nSPS) is 16.9. The van der Waals surface area contributed by atoms with Gasteiger partial charge < -0.3 is 14.4 Å². The average molecular weight is 267 g/mol. The largest absolute Gasteiger partial charge is 0.460 e. The minimum Gasteiger partial charge on any atom is -0.460 e. The third kappa shape index (κ3) is 7.01. The number of hydrogen-bond acceptors (Lipinski definition) is 4. The van der Waals surface area contributed by atoms with E-state index in [-0.39, 0.29) is 5.97 Å². The van der Waals surface area contributed by atoms with Crippen molar-refractivity contribution in [3.63, 3.8) is 0 Å². The summed E-state index contributed by atoms with van der Waals surface area (Å²) < 4.78 is 10.2. The highest BCUT2D eigenvalue weighted by Gasteiger charge is 2.06. The zero-order chi connectivity index (χ0) is 13.9. The second-order valence-electron chi connectivity index (χ2n) is 4.62. The third-order valence-corrected chi connectivity index (χ3v) is 3.02. The first-order valence-corrected chi connectivity index (χ1v) is 7.08. The van der Waals surface area contributed by atoms with Gasteiger partial charge in [-0.2, -0.15) is 0 Å². The molecule has 1 fully saturated rings. The lowest BCUT2D eigenvalue weighted by molar-refractivity contribution is -0.140. The topological polar surface area (TPSA) is 38.8 Å². The molecule has 0 radical (unpaired) electrons. The van der Waals surface area contributed by atoms with Crippen molar-refractivity contribution in [2.45, 2.75) is 33.1 Å². The summed E-state index contributed by atoms with van der Waals surface area (Å²) >= 11 is 0. The standard InChI is InChI=1S/C15H25NO3/c1-3-18-12-13-19-15(17)14(2)8-7-11-16-9-5-4-6-10-16/h7-8,11H,3-6,9-10,12-13H2,1-2H3/b11-7+,14-8+. The van der Waals surface area contributed by atoms with Crippen molar-refractivity contribution in [3.05, 3.63) is 23.9 Å². The van der Waals surface area contributed by atoms with Crippen LogP contribution in [0.1, 0.15) is 33.1 Å². The Kier molecular flexibility index (Phi) is 7.98. The summed E-state index contributed by atoms with van der Waals surface area (Å²) in [5.74, 6) is -0.275. The quantitative estimate of drug-likeness (QED) is 0.307. The molecule has 4 heteroatoms. The lowest BCUT2D eigenvalue weighted by atomic mass is 10.1. The molecule has 1 rings (SSSR count). The molecule has 0 spiro atoms. The van der Waals surface area contributed by atoms with Crippen molar-refractivity contribution < 1.29 is 14.3 Å². The van der Waals surface area contributed by atoms with Gasteiger partial charge in [0.15, 0.2) is 0 Å². The Morgan fingerprint density at radius 1 is 1.21 bits per heavy atom. The van der Waals surface area contributed by atoms with Crippen molar-refractivity contribution in [1.29, 1.82) is 0 Å². The second-order valence-corrected chi connectivity index (χ2v) is 4.62. The molecule has 19 heavy (non-hydrogen) atoms. The van der Waals surface area contributed by atoms with Gasteiger partial charge in [0.1, 0.15) is 6.61 Å². The summed E-state index contributed by atoms with van der Waals surface area (Å²) in [5.41, 5.74) is 0.616. The monoisotopic (exact) mass is 267 g/mol. The molecular weight excluding hydrogens is 242 g/mol. The minimum atomic E-state index is -0.275. The highest BCUT2D eigenvalue weighted by atomic mass is 16.6. The fourth-order valence-corrected chi connectivity index (χ4v) is 1.90. The lowest BCUT2D eigenvalue weighted by Crippen LogP contribution is -2.23. The fourth-order valence-electron chi connectivity index (χ4n) is 1.90. The van der Waals surface area contributed by atoms with E-state index in [4.69, 9.17) is 9.47 Å². The van der Waals surface area contributed by atoms with Gasteiger partial charge in [0.05, 0.1) is 6.61 Å². The highest BCUT2D eigenvalue weighted by Crippen LogP contribution is 2.08. The first kappa shape index (κ1) is 15.8. The average Bonchev–Trinajstić information content (AvgIpc) is 2.44. The molecule has 0 saturated carbocycles. The van der Waals surface area contributed by atoms with Gasteiger partial charge in [-0.05, 0) is 45.4 Å². The molecule has 1 heterocycles. The summed E-state index contributed by atoms with van der Waals surface area (Å²) in [6, 6.07) is 0. The van der Waals surface area contributed by atoms with Crippen LogP contribution in [0.25, 0.3) is 0 Å². The van der Waals surface area contributed by atoms with E-state index in [9.17, 15) is 4.79 Å². The Hall–Kier alpha value is -1.29. The van der Waals surface area contributed by atoms with E-state index in [1.54, 1.807) is 13.0 Å². The Balaban J connectivity index is 2.26. The SMILES string of the molecule is CCOCCOC(=O)/C(C)=C/C=C/N1CCCCC1. The predicted octanol–water partition coefficient (Wildman–Crippen LogP) is 2.51. The van der Waals surface area contributed by atoms with Gasteiger partial charge in [-0.25, -0.2) is 4.79 Å². The molecule has 4 nitrogen and oxygen atoms in total. The Morgan fingerprint density at radius 3 is 2.63 bits per heavy atom. The molecule has 0 amide bonds. The van der Waals surface area contributed by atoms with E-state index in [1.807, 2.05) is 13.0 Å². The van der Waals surface area contributed by atoms with Gasteiger partial charge in [-0.15, -0.1) is 0 Å². The van der Waals surface area contributed by atoms with E-state index in [1.165, 1.54) is 19.3 Å². The Bertz CT molecular complexity index is 317. The number of nitrogens with zero attached hydrogens (tertiary/aromatic N) is 1.